The summed E-state index contributed by atoms with van der Waals surface area (Å²) in [7, 11) is 0. The van der Waals surface area contributed by atoms with E-state index in [1.807, 2.05) is 37.3 Å². The summed E-state index contributed by atoms with van der Waals surface area (Å²) in [6, 6.07) is 11.2. The number of anilines is 2. The van der Waals surface area contributed by atoms with Crippen molar-refractivity contribution in [3.05, 3.63) is 53.7 Å². The Kier molecular flexibility index (Phi) is 5.12. The first-order valence-electron chi connectivity index (χ1n) is 11.2. The maximum Gasteiger partial charge on any atom is 0.336 e. The maximum atomic E-state index is 11.8. The molecule has 0 amide bonds. The molecule has 6 rings (SSSR count). The second-order valence-electron chi connectivity index (χ2n) is 8.48. The summed E-state index contributed by atoms with van der Waals surface area (Å²) in [6.45, 7) is 4.53. The second kappa shape index (κ2) is 8.33. The van der Waals surface area contributed by atoms with Crippen LogP contribution in [0.3, 0.4) is 0 Å². The fourth-order valence-electron chi connectivity index (χ4n) is 4.54. The standard InChI is InChI=1S/C25H22N6O3S/c1-13-16(9-14(26)10-17(13)25(32)33)21-11-20-22(35-21)24(31-5-7-34-8-6-31)29-23(28-20)15-3-2-4-19-18(15)12-27-30-19/h2-4,9-12H,5-8,26H2,1H3,(H,27,30)(H,32,33). The fourth-order valence-corrected chi connectivity index (χ4v) is 5.72. The molecule has 0 aliphatic carbocycles. The number of aromatic nitrogens is 4. The van der Waals surface area contributed by atoms with E-state index in [-0.39, 0.29) is 5.56 Å². The third kappa shape index (κ3) is 3.67. The summed E-state index contributed by atoms with van der Waals surface area (Å²) in [4.78, 5) is 24.9. The maximum absolute atomic E-state index is 11.8. The number of rotatable bonds is 4. The number of carboxylic acid groups (broad SMARTS) is 1. The number of hydrogen-bond acceptors (Lipinski definition) is 8. The molecule has 176 valence electrons. The molecule has 1 fully saturated rings. The first kappa shape index (κ1) is 21.5. The molecule has 1 aliphatic heterocycles. The average Bonchev–Trinajstić information content (AvgIpc) is 3.52. The van der Waals surface area contributed by atoms with Crippen molar-refractivity contribution in [3.8, 4) is 21.8 Å². The van der Waals surface area contributed by atoms with Crippen molar-refractivity contribution >= 4 is 49.9 Å². The zero-order valence-corrected chi connectivity index (χ0v) is 19.7. The summed E-state index contributed by atoms with van der Waals surface area (Å²) in [5, 5.41) is 17.8. The van der Waals surface area contributed by atoms with Crippen LogP contribution < -0.4 is 10.6 Å². The number of nitrogens with zero attached hydrogens (tertiary/aromatic N) is 4. The van der Waals surface area contributed by atoms with E-state index < -0.39 is 5.97 Å². The predicted octanol–water partition coefficient (Wildman–Crippen LogP) is 4.33. The van der Waals surface area contributed by atoms with E-state index in [0.29, 0.717) is 30.3 Å². The van der Waals surface area contributed by atoms with Crippen molar-refractivity contribution < 1.29 is 14.6 Å². The number of ether oxygens (including phenoxy) is 1. The molecule has 2 aromatic carbocycles. The van der Waals surface area contributed by atoms with Crippen LogP contribution in [0.5, 0.6) is 0 Å². The topological polar surface area (TPSA) is 130 Å². The van der Waals surface area contributed by atoms with Crippen LogP contribution in [-0.2, 0) is 4.74 Å². The van der Waals surface area contributed by atoms with Crippen LogP contribution in [-0.4, -0.2) is 57.5 Å². The number of fused-ring (bicyclic) bond motifs is 2. The fraction of sp³-hybridized carbons (Fsp3) is 0.200. The Morgan fingerprint density at radius 2 is 2.00 bits per heavy atom. The number of aromatic carboxylic acids is 1. The number of hydrogen-bond donors (Lipinski definition) is 3. The van der Waals surface area contributed by atoms with Crippen LogP contribution >= 0.6 is 11.3 Å². The van der Waals surface area contributed by atoms with E-state index in [1.165, 1.54) is 6.07 Å². The van der Waals surface area contributed by atoms with Gasteiger partial charge in [0.15, 0.2) is 11.6 Å². The van der Waals surface area contributed by atoms with Gasteiger partial charge in [0.2, 0.25) is 0 Å². The lowest BCUT2D eigenvalue weighted by Gasteiger charge is -2.28. The van der Waals surface area contributed by atoms with Crippen molar-refractivity contribution in [1.29, 1.82) is 0 Å². The van der Waals surface area contributed by atoms with E-state index >= 15 is 0 Å². The quantitative estimate of drug-likeness (QED) is 0.320. The average molecular weight is 487 g/mol. The van der Waals surface area contributed by atoms with Gasteiger partial charge in [-0.05, 0) is 42.3 Å². The van der Waals surface area contributed by atoms with E-state index in [1.54, 1.807) is 17.5 Å². The van der Waals surface area contributed by atoms with Gasteiger partial charge in [0.25, 0.3) is 0 Å². The Balaban J connectivity index is 1.59. The molecule has 5 aromatic rings. The number of carboxylic acids is 1. The number of benzene rings is 2. The third-order valence-electron chi connectivity index (χ3n) is 6.32. The Morgan fingerprint density at radius 3 is 2.80 bits per heavy atom. The molecule has 35 heavy (non-hydrogen) atoms. The lowest BCUT2D eigenvalue weighted by Crippen LogP contribution is -2.36. The molecule has 0 radical (unpaired) electrons. The number of H-pyrrole nitrogens is 1. The molecule has 0 atom stereocenters. The molecule has 0 bridgehead atoms. The SMILES string of the molecule is Cc1c(C(=O)O)cc(N)cc1-c1cc2nc(-c3cccc4[nH]ncc34)nc(N3CCOCC3)c2s1. The molecule has 0 unspecified atom stereocenters. The lowest BCUT2D eigenvalue weighted by atomic mass is 10.00. The summed E-state index contributed by atoms with van der Waals surface area (Å²) >= 11 is 1.55. The highest BCUT2D eigenvalue weighted by Gasteiger charge is 2.22. The van der Waals surface area contributed by atoms with Gasteiger partial charge in [-0.15, -0.1) is 11.3 Å². The first-order valence-corrected chi connectivity index (χ1v) is 12.0. The first-order chi connectivity index (χ1) is 17.0. The van der Waals surface area contributed by atoms with Crippen molar-refractivity contribution in [2.45, 2.75) is 6.92 Å². The van der Waals surface area contributed by atoms with Gasteiger partial charge in [0.1, 0.15) is 0 Å². The molecular weight excluding hydrogens is 464 g/mol. The van der Waals surface area contributed by atoms with Gasteiger partial charge in [0.05, 0.1) is 40.7 Å². The third-order valence-corrected chi connectivity index (χ3v) is 7.47. The highest BCUT2D eigenvalue weighted by Crippen LogP contribution is 2.41. The normalized spacial score (nSPS) is 14.1. The van der Waals surface area contributed by atoms with E-state index in [2.05, 4.69) is 15.1 Å². The van der Waals surface area contributed by atoms with Crippen LogP contribution in [0, 0.1) is 6.92 Å². The van der Waals surface area contributed by atoms with Gasteiger partial charge in [-0.2, -0.15) is 5.10 Å². The molecule has 1 saturated heterocycles. The number of nitrogens with two attached hydrogens (primary N) is 1. The zero-order chi connectivity index (χ0) is 24.1. The summed E-state index contributed by atoms with van der Waals surface area (Å²) in [6.07, 6.45) is 1.79. The smallest absolute Gasteiger partial charge is 0.336 e. The number of aromatic amines is 1. The van der Waals surface area contributed by atoms with E-state index in [4.69, 9.17) is 20.4 Å². The van der Waals surface area contributed by atoms with Crippen LogP contribution in [0.4, 0.5) is 11.5 Å². The van der Waals surface area contributed by atoms with Gasteiger partial charge in [-0.3, -0.25) is 5.10 Å². The molecular formula is C25H22N6O3S. The monoisotopic (exact) mass is 486 g/mol. The summed E-state index contributed by atoms with van der Waals surface area (Å²) in [5.41, 5.74) is 10.8. The van der Waals surface area contributed by atoms with Crippen LogP contribution in [0.25, 0.3) is 42.9 Å². The Morgan fingerprint density at radius 1 is 1.17 bits per heavy atom. The minimum Gasteiger partial charge on any atom is -0.478 e. The van der Waals surface area contributed by atoms with Crippen molar-refractivity contribution in [2.24, 2.45) is 0 Å². The van der Waals surface area contributed by atoms with E-state index in [9.17, 15) is 9.90 Å². The highest BCUT2D eigenvalue weighted by atomic mass is 32.1. The number of carbonyl (C=O) groups is 1. The molecule has 0 spiro atoms. The number of morpholine rings is 1. The van der Waals surface area contributed by atoms with Gasteiger partial charge in [-0.25, -0.2) is 14.8 Å². The van der Waals surface area contributed by atoms with E-state index in [0.717, 1.165) is 56.0 Å². The van der Waals surface area contributed by atoms with Crippen molar-refractivity contribution in [1.82, 2.24) is 20.2 Å². The lowest BCUT2D eigenvalue weighted by molar-refractivity contribution is 0.0696. The van der Waals surface area contributed by atoms with Gasteiger partial charge in [-0.1, -0.05) is 12.1 Å². The molecule has 1 aliphatic rings. The minimum absolute atomic E-state index is 0.198. The molecule has 9 nitrogen and oxygen atoms in total. The van der Waals surface area contributed by atoms with Crippen LogP contribution in [0.2, 0.25) is 0 Å². The zero-order valence-electron chi connectivity index (χ0n) is 18.9. The Labute approximate surface area is 204 Å². The van der Waals surface area contributed by atoms with Crippen molar-refractivity contribution in [2.75, 3.05) is 36.9 Å². The second-order valence-corrected chi connectivity index (χ2v) is 9.53. The van der Waals surface area contributed by atoms with Crippen molar-refractivity contribution in [3.63, 3.8) is 0 Å². The number of nitrogen functional groups attached to an aromatic ring is 1. The highest BCUT2D eigenvalue weighted by molar-refractivity contribution is 7.22. The number of thiophene rings is 1. The summed E-state index contributed by atoms with van der Waals surface area (Å²) < 4.78 is 6.52. The largest absolute Gasteiger partial charge is 0.478 e. The van der Waals surface area contributed by atoms with Crippen LogP contribution in [0.1, 0.15) is 15.9 Å². The molecule has 3 aromatic heterocycles. The molecule has 4 N–H and O–H groups in total. The van der Waals surface area contributed by atoms with Gasteiger partial charge < -0.3 is 20.5 Å². The predicted molar refractivity (Wildman–Crippen MR) is 137 cm³/mol. The molecule has 4 heterocycles. The number of nitrogens with one attached hydrogen (secondary N) is 1. The Bertz CT molecular complexity index is 1600. The minimum atomic E-state index is -0.999. The Hall–Kier alpha value is -4.02. The summed E-state index contributed by atoms with van der Waals surface area (Å²) in [5.74, 6) is 0.470. The molecule has 10 heteroatoms. The van der Waals surface area contributed by atoms with Gasteiger partial charge in [0, 0.05) is 34.6 Å². The molecule has 0 saturated carbocycles. The van der Waals surface area contributed by atoms with Gasteiger partial charge >= 0.3 is 5.97 Å². The van der Waals surface area contributed by atoms with Crippen LogP contribution in [0.15, 0.2) is 42.6 Å².